The van der Waals surface area contributed by atoms with Gasteiger partial charge in [-0.2, -0.15) is 11.8 Å². The molecule has 0 amide bonds. The highest BCUT2D eigenvalue weighted by molar-refractivity contribution is 7.99. The van der Waals surface area contributed by atoms with Crippen LogP contribution in [-0.4, -0.2) is 25.5 Å². The van der Waals surface area contributed by atoms with Gasteiger partial charge in [-0.1, -0.05) is 6.42 Å². The fourth-order valence-corrected chi connectivity index (χ4v) is 4.32. The summed E-state index contributed by atoms with van der Waals surface area (Å²) in [6.45, 7) is 2.92. The van der Waals surface area contributed by atoms with Crippen molar-refractivity contribution in [2.24, 2.45) is 0 Å². The molecular weight excluding hydrogens is 294 g/mol. The van der Waals surface area contributed by atoms with Crippen LogP contribution in [0, 0.1) is 6.92 Å². The maximum Gasteiger partial charge on any atom is 0.178 e. The van der Waals surface area contributed by atoms with Crippen LogP contribution in [0.2, 0.25) is 0 Å². The first-order chi connectivity index (χ1) is 10.8. The van der Waals surface area contributed by atoms with Crippen molar-refractivity contribution in [3.05, 3.63) is 36.2 Å². The summed E-state index contributed by atoms with van der Waals surface area (Å²) in [5, 5.41) is 0.642. The predicted octanol–water partition coefficient (Wildman–Crippen LogP) is 4.29. The van der Waals surface area contributed by atoms with Gasteiger partial charge in [0.2, 0.25) is 0 Å². The van der Waals surface area contributed by atoms with Crippen LogP contribution in [0.1, 0.15) is 25.0 Å². The maximum absolute atomic E-state index is 5.81. The Morgan fingerprint density at radius 1 is 1.32 bits per heavy atom. The molecule has 5 heteroatoms. The summed E-state index contributed by atoms with van der Waals surface area (Å²) >= 11 is 2.07. The van der Waals surface area contributed by atoms with Gasteiger partial charge in [0.25, 0.3) is 0 Å². The molecule has 0 aliphatic carbocycles. The van der Waals surface area contributed by atoms with E-state index in [1.807, 2.05) is 37.4 Å². The number of hydrogen-bond donors (Lipinski definition) is 0. The summed E-state index contributed by atoms with van der Waals surface area (Å²) in [7, 11) is 0. The molecular formula is C17H19N3OS. The minimum atomic E-state index is 0.642. The Morgan fingerprint density at radius 3 is 3.05 bits per heavy atom. The molecule has 0 saturated carbocycles. The van der Waals surface area contributed by atoms with E-state index in [0.717, 1.165) is 35.1 Å². The molecule has 114 valence electrons. The van der Waals surface area contributed by atoms with Crippen molar-refractivity contribution in [3.63, 3.8) is 0 Å². The number of thioether (sulfide) groups is 1. The SMILES string of the molecule is Cc1ccc(-c2nc3cccnc3n2CC2CCCCS2)o1. The van der Waals surface area contributed by atoms with Crippen molar-refractivity contribution in [1.82, 2.24) is 14.5 Å². The van der Waals surface area contributed by atoms with Crippen LogP contribution in [-0.2, 0) is 6.54 Å². The smallest absolute Gasteiger partial charge is 0.178 e. The third kappa shape index (κ3) is 2.54. The van der Waals surface area contributed by atoms with E-state index < -0.39 is 0 Å². The van der Waals surface area contributed by atoms with E-state index in [1.54, 1.807) is 0 Å². The molecule has 0 radical (unpaired) electrons. The molecule has 0 aromatic carbocycles. The van der Waals surface area contributed by atoms with Gasteiger partial charge in [-0.05, 0) is 49.8 Å². The van der Waals surface area contributed by atoms with Crippen LogP contribution in [0.5, 0.6) is 0 Å². The standard InChI is InChI=1S/C17H19N3OS/c1-12-7-8-15(21-12)17-19-14-6-4-9-18-16(14)20(17)11-13-5-2-3-10-22-13/h4,6-9,13H,2-3,5,10-11H2,1H3. The Bertz CT molecular complexity index is 786. The monoisotopic (exact) mass is 313 g/mol. The molecule has 0 spiro atoms. The summed E-state index contributed by atoms with van der Waals surface area (Å²) in [5.41, 5.74) is 1.89. The molecule has 0 bridgehead atoms. The van der Waals surface area contributed by atoms with Gasteiger partial charge in [0.15, 0.2) is 17.2 Å². The Kier molecular flexibility index (Phi) is 3.66. The summed E-state index contributed by atoms with van der Waals surface area (Å²) in [6, 6.07) is 7.95. The van der Waals surface area contributed by atoms with Gasteiger partial charge in [-0.15, -0.1) is 0 Å². The minimum absolute atomic E-state index is 0.642. The van der Waals surface area contributed by atoms with Crippen LogP contribution >= 0.6 is 11.8 Å². The van der Waals surface area contributed by atoms with Crippen molar-refractivity contribution in [3.8, 4) is 11.6 Å². The number of pyridine rings is 1. The summed E-state index contributed by atoms with van der Waals surface area (Å²) < 4.78 is 8.04. The average Bonchev–Trinajstić information content (AvgIpc) is 3.13. The van der Waals surface area contributed by atoms with Gasteiger partial charge in [-0.25, -0.2) is 9.97 Å². The molecule has 1 fully saturated rings. The highest BCUT2D eigenvalue weighted by Crippen LogP contribution is 2.31. The second-order valence-corrected chi connectivity index (χ2v) is 7.20. The lowest BCUT2D eigenvalue weighted by Gasteiger charge is -2.22. The Hall–Kier alpha value is -1.75. The van der Waals surface area contributed by atoms with Crippen LogP contribution in [0.15, 0.2) is 34.9 Å². The fourth-order valence-electron chi connectivity index (χ4n) is 3.03. The summed E-state index contributed by atoms with van der Waals surface area (Å²) in [6.07, 6.45) is 5.78. The molecule has 0 N–H and O–H groups in total. The van der Waals surface area contributed by atoms with E-state index in [-0.39, 0.29) is 0 Å². The lowest BCUT2D eigenvalue weighted by atomic mass is 10.2. The zero-order valence-electron chi connectivity index (χ0n) is 12.7. The molecule has 4 rings (SSSR count). The molecule has 4 heterocycles. The van der Waals surface area contributed by atoms with E-state index >= 15 is 0 Å². The van der Waals surface area contributed by atoms with E-state index in [1.165, 1.54) is 25.0 Å². The maximum atomic E-state index is 5.81. The van der Waals surface area contributed by atoms with Gasteiger partial charge in [-0.3, -0.25) is 0 Å². The topological polar surface area (TPSA) is 43.9 Å². The number of fused-ring (bicyclic) bond motifs is 1. The van der Waals surface area contributed by atoms with Gasteiger partial charge in [0, 0.05) is 18.0 Å². The van der Waals surface area contributed by atoms with Crippen LogP contribution < -0.4 is 0 Å². The third-order valence-corrected chi connectivity index (χ3v) is 5.51. The van der Waals surface area contributed by atoms with E-state index in [2.05, 4.69) is 21.3 Å². The quantitative estimate of drug-likeness (QED) is 0.723. The number of furan rings is 1. The van der Waals surface area contributed by atoms with Crippen LogP contribution in [0.4, 0.5) is 0 Å². The van der Waals surface area contributed by atoms with Gasteiger partial charge >= 0.3 is 0 Å². The molecule has 1 saturated heterocycles. The molecule has 1 unspecified atom stereocenters. The molecule has 1 atom stereocenters. The number of hydrogen-bond acceptors (Lipinski definition) is 4. The summed E-state index contributed by atoms with van der Waals surface area (Å²) in [4.78, 5) is 9.31. The van der Waals surface area contributed by atoms with Gasteiger partial charge in [0.1, 0.15) is 11.3 Å². The fraction of sp³-hybridized carbons (Fsp3) is 0.412. The number of rotatable bonds is 3. The van der Waals surface area contributed by atoms with Crippen molar-refractivity contribution < 1.29 is 4.42 Å². The van der Waals surface area contributed by atoms with E-state index in [9.17, 15) is 0 Å². The molecule has 22 heavy (non-hydrogen) atoms. The normalized spacial score (nSPS) is 18.9. The second-order valence-electron chi connectivity index (χ2n) is 5.79. The molecule has 3 aromatic heterocycles. The summed E-state index contributed by atoms with van der Waals surface area (Å²) in [5.74, 6) is 3.90. The van der Waals surface area contributed by atoms with E-state index in [0.29, 0.717) is 5.25 Å². The lowest BCUT2D eigenvalue weighted by molar-refractivity contribution is 0.533. The van der Waals surface area contributed by atoms with E-state index in [4.69, 9.17) is 9.40 Å². The highest BCUT2D eigenvalue weighted by atomic mass is 32.2. The van der Waals surface area contributed by atoms with Gasteiger partial charge in [0.05, 0.1) is 0 Å². The largest absolute Gasteiger partial charge is 0.458 e. The lowest BCUT2D eigenvalue weighted by Crippen LogP contribution is -2.17. The highest BCUT2D eigenvalue weighted by Gasteiger charge is 2.21. The van der Waals surface area contributed by atoms with Crippen molar-refractivity contribution in [2.75, 3.05) is 5.75 Å². The Morgan fingerprint density at radius 2 is 2.27 bits per heavy atom. The zero-order valence-corrected chi connectivity index (χ0v) is 13.5. The molecule has 1 aliphatic rings. The Balaban J connectivity index is 1.79. The Labute approximate surface area is 133 Å². The zero-order chi connectivity index (χ0) is 14.9. The molecule has 3 aromatic rings. The van der Waals surface area contributed by atoms with Crippen molar-refractivity contribution >= 4 is 22.9 Å². The average molecular weight is 313 g/mol. The molecule has 1 aliphatic heterocycles. The van der Waals surface area contributed by atoms with Crippen LogP contribution in [0.25, 0.3) is 22.7 Å². The number of aryl methyl sites for hydroxylation is 1. The number of imidazole rings is 1. The van der Waals surface area contributed by atoms with Crippen molar-refractivity contribution in [1.29, 1.82) is 0 Å². The van der Waals surface area contributed by atoms with Crippen LogP contribution in [0.3, 0.4) is 0 Å². The third-order valence-electron chi connectivity index (χ3n) is 4.12. The minimum Gasteiger partial charge on any atom is -0.458 e. The van der Waals surface area contributed by atoms with Crippen molar-refractivity contribution in [2.45, 2.75) is 38.0 Å². The number of nitrogens with zero attached hydrogens (tertiary/aromatic N) is 3. The molecule has 4 nitrogen and oxygen atoms in total. The first kappa shape index (κ1) is 13.9. The first-order valence-electron chi connectivity index (χ1n) is 7.81. The number of aromatic nitrogens is 3. The van der Waals surface area contributed by atoms with Gasteiger partial charge < -0.3 is 8.98 Å². The second kappa shape index (κ2) is 5.80. The first-order valence-corrected chi connectivity index (χ1v) is 8.86. The predicted molar refractivity (Wildman–Crippen MR) is 90.1 cm³/mol.